The van der Waals surface area contributed by atoms with Crippen molar-refractivity contribution >= 4 is 5.91 Å². The van der Waals surface area contributed by atoms with Crippen LogP contribution in [-0.2, 0) is 0 Å². The Kier molecular flexibility index (Phi) is 4.74. The van der Waals surface area contributed by atoms with E-state index in [-0.39, 0.29) is 12.0 Å². The number of hydrogen-bond acceptors (Lipinski definition) is 6. The number of hydrogen-bond donors (Lipinski definition) is 0. The molecule has 0 bridgehead atoms. The van der Waals surface area contributed by atoms with Crippen molar-refractivity contribution in [2.75, 3.05) is 20.2 Å². The predicted octanol–water partition coefficient (Wildman–Crippen LogP) is 0.802. The summed E-state index contributed by atoms with van der Waals surface area (Å²) in [7, 11) is 1.52. The zero-order valence-electron chi connectivity index (χ0n) is 13.3. The number of rotatable bonds is 4. The summed E-state index contributed by atoms with van der Waals surface area (Å²) in [6.07, 6.45) is 4.12. The molecule has 0 spiro atoms. The molecule has 0 aliphatic carbocycles. The highest BCUT2D eigenvalue weighted by Gasteiger charge is 2.27. The molecule has 1 saturated heterocycles. The van der Waals surface area contributed by atoms with Crippen molar-refractivity contribution in [2.45, 2.75) is 18.9 Å². The summed E-state index contributed by atoms with van der Waals surface area (Å²) in [6.45, 7) is 1.08. The van der Waals surface area contributed by atoms with Crippen LogP contribution in [-0.4, -0.2) is 47.3 Å². The maximum atomic E-state index is 12.5. The Labute approximate surface area is 139 Å². The Balaban J connectivity index is 1.64. The number of ether oxygens (including phenoxy) is 2. The first-order valence-corrected chi connectivity index (χ1v) is 7.68. The summed E-state index contributed by atoms with van der Waals surface area (Å²) in [5.74, 6) is 0.638. The molecule has 1 atom stereocenters. The lowest BCUT2D eigenvalue weighted by molar-refractivity contribution is -0.605. The van der Waals surface area contributed by atoms with Crippen LogP contribution in [0.3, 0.4) is 0 Å². The lowest BCUT2D eigenvalue weighted by Crippen LogP contribution is -2.45. The van der Waals surface area contributed by atoms with E-state index in [2.05, 4.69) is 10.2 Å². The van der Waals surface area contributed by atoms with Gasteiger partial charge in [-0.05, 0) is 18.9 Å². The van der Waals surface area contributed by atoms with Crippen molar-refractivity contribution in [3.05, 3.63) is 47.4 Å². The van der Waals surface area contributed by atoms with Gasteiger partial charge in [0.05, 0.1) is 13.7 Å². The van der Waals surface area contributed by atoms with Crippen LogP contribution in [0.25, 0.3) is 0 Å². The number of carbonyl (C=O) groups excluding carboxylic acids is 1. The topological polar surface area (TPSA) is 91.5 Å². The first-order chi connectivity index (χ1) is 11.7. The zero-order chi connectivity index (χ0) is 16.9. The van der Waals surface area contributed by atoms with Crippen LogP contribution in [0, 0.1) is 5.21 Å². The fraction of sp³-hybridized carbons (Fsp3) is 0.375. The van der Waals surface area contributed by atoms with Crippen molar-refractivity contribution in [3.8, 4) is 11.8 Å². The number of nitrogens with zero attached hydrogens (tertiary/aromatic N) is 4. The SMILES string of the molecule is COc1ccc(OC2CCCN(C(=O)c3ccc[n+]([O-])c3)C2)nn1. The molecule has 8 nitrogen and oxygen atoms in total. The molecule has 1 fully saturated rings. The number of amides is 1. The summed E-state index contributed by atoms with van der Waals surface area (Å²) in [5, 5.41) is 19.1. The van der Waals surface area contributed by atoms with Gasteiger partial charge in [-0.15, -0.1) is 10.2 Å². The van der Waals surface area contributed by atoms with E-state index in [9.17, 15) is 10.0 Å². The molecule has 3 rings (SSSR count). The van der Waals surface area contributed by atoms with Gasteiger partial charge in [0.2, 0.25) is 11.8 Å². The molecule has 1 aliphatic rings. The quantitative estimate of drug-likeness (QED) is 0.608. The molecule has 1 unspecified atom stereocenters. The molecule has 0 radical (unpaired) electrons. The maximum absolute atomic E-state index is 12.5. The third-order valence-corrected chi connectivity index (χ3v) is 3.80. The number of carbonyl (C=O) groups is 1. The number of aromatic nitrogens is 3. The largest absolute Gasteiger partial charge is 0.619 e. The lowest BCUT2D eigenvalue weighted by atomic mass is 10.1. The first kappa shape index (κ1) is 16.0. The van der Waals surface area contributed by atoms with E-state index in [1.165, 1.54) is 19.5 Å². The molecule has 0 saturated carbocycles. The van der Waals surface area contributed by atoms with Gasteiger partial charge in [-0.3, -0.25) is 4.79 Å². The normalized spacial score (nSPS) is 17.4. The Hall–Kier alpha value is -2.90. The Morgan fingerprint density at radius 2 is 2.12 bits per heavy atom. The van der Waals surface area contributed by atoms with Gasteiger partial charge in [-0.2, -0.15) is 4.73 Å². The lowest BCUT2D eigenvalue weighted by Gasteiger charge is -2.32. The van der Waals surface area contributed by atoms with Gasteiger partial charge in [0, 0.05) is 24.7 Å². The highest BCUT2D eigenvalue weighted by atomic mass is 16.5. The van der Waals surface area contributed by atoms with E-state index in [1.54, 1.807) is 29.2 Å². The molecule has 1 aliphatic heterocycles. The monoisotopic (exact) mass is 330 g/mol. The molecule has 1 amide bonds. The van der Waals surface area contributed by atoms with Crippen molar-refractivity contribution in [3.63, 3.8) is 0 Å². The van der Waals surface area contributed by atoms with Crippen molar-refractivity contribution < 1.29 is 19.0 Å². The molecule has 2 aromatic heterocycles. The van der Waals surface area contributed by atoms with Crippen LogP contribution in [0.1, 0.15) is 23.2 Å². The highest BCUT2D eigenvalue weighted by molar-refractivity contribution is 5.93. The summed E-state index contributed by atoms with van der Waals surface area (Å²) in [5.41, 5.74) is 0.373. The van der Waals surface area contributed by atoms with Gasteiger partial charge in [0.15, 0.2) is 12.4 Å². The molecule has 3 heterocycles. The number of methoxy groups -OCH3 is 1. The predicted molar refractivity (Wildman–Crippen MR) is 83.5 cm³/mol. The van der Waals surface area contributed by atoms with E-state index < -0.39 is 0 Å². The average molecular weight is 330 g/mol. The molecule has 126 valence electrons. The third kappa shape index (κ3) is 3.70. The molecular formula is C16H18N4O4. The molecular weight excluding hydrogens is 312 g/mol. The van der Waals surface area contributed by atoms with Crippen molar-refractivity contribution in [2.24, 2.45) is 0 Å². The van der Waals surface area contributed by atoms with Gasteiger partial charge in [0.1, 0.15) is 11.7 Å². The fourth-order valence-corrected chi connectivity index (χ4v) is 2.63. The molecule has 2 aromatic rings. The fourth-order valence-electron chi connectivity index (χ4n) is 2.63. The third-order valence-electron chi connectivity index (χ3n) is 3.80. The minimum absolute atomic E-state index is 0.159. The zero-order valence-corrected chi connectivity index (χ0v) is 13.3. The minimum Gasteiger partial charge on any atom is -0.619 e. The summed E-state index contributed by atoms with van der Waals surface area (Å²) in [6, 6.07) is 6.55. The van der Waals surface area contributed by atoms with Crippen LogP contribution in [0.4, 0.5) is 0 Å². The highest BCUT2D eigenvalue weighted by Crippen LogP contribution is 2.18. The molecule has 0 aromatic carbocycles. The molecule has 24 heavy (non-hydrogen) atoms. The van der Waals surface area contributed by atoms with Crippen molar-refractivity contribution in [1.82, 2.24) is 15.1 Å². The minimum atomic E-state index is -0.172. The van der Waals surface area contributed by atoms with Crippen LogP contribution in [0.5, 0.6) is 11.8 Å². The summed E-state index contributed by atoms with van der Waals surface area (Å²) >= 11 is 0. The van der Waals surface area contributed by atoms with E-state index in [0.29, 0.717) is 35.1 Å². The Bertz CT molecular complexity index is 707. The second kappa shape index (κ2) is 7.12. The smallest absolute Gasteiger partial charge is 0.260 e. The maximum Gasteiger partial charge on any atom is 0.260 e. The first-order valence-electron chi connectivity index (χ1n) is 7.68. The van der Waals surface area contributed by atoms with Gasteiger partial charge in [-0.1, -0.05) is 0 Å². The van der Waals surface area contributed by atoms with Gasteiger partial charge < -0.3 is 19.6 Å². The average Bonchev–Trinajstić information content (AvgIpc) is 2.62. The van der Waals surface area contributed by atoms with E-state index in [0.717, 1.165) is 12.8 Å². The van der Waals surface area contributed by atoms with Crippen LogP contribution >= 0.6 is 0 Å². The van der Waals surface area contributed by atoms with Gasteiger partial charge >= 0.3 is 0 Å². The second-order valence-electron chi connectivity index (χ2n) is 5.50. The Morgan fingerprint density at radius 1 is 1.33 bits per heavy atom. The number of piperidine rings is 1. The summed E-state index contributed by atoms with van der Waals surface area (Å²) < 4.78 is 11.4. The number of pyridine rings is 1. The van der Waals surface area contributed by atoms with Crippen LogP contribution in [0.15, 0.2) is 36.7 Å². The number of likely N-dealkylation sites (tertiary alicyclic amines) is 1. The van der Waals surface area contributed by atoms with E-state index >= 15 is 0 Å². The van der Waals surface area contributed by atoms with Crippen LogP contribution in [0.2, 0.25) is 0 Å². The van der Waals surface area contributed by atoms with Gasteiger partial charge in [0.25, 0.3) is 5.91 Å². The van der Waals surface area contributed by atoms with Crippen LogP contribution < -0.4 is 14.2 Å². The summed E-state index contributed by atoms with van der Waals surface area (Å²) in [4.78, 5) is 14.2. The molecule has 8 heteroatoms. The van der Waals surface area contributed by atoms with Gasteiger partial charge in [-0.25, -0.2) is 0 Å². The molecule has 0 N–H and O–H groups in total. The standard InChI is InChI=1S/C16H18N4O4/c1-23-14-6-7-15(18-17-14)24-13-5-3-8-19(11-13)16(21)12-4-2-9-20(22)10-12/h2,4,6-7,9-10,13H,3,5,8,11H2,1H3. The van der Waals surface area contributed by atoms with E-state index in [1.807, 2.05) is 0 Å². The van der Waals surface area contributed by atoms with Crippen molar-refractivity contribution in [1.29, 1.82) is 0 Å². The van der Waals surface area contributed by atoms with E-state index in [4.69, 9.17) is 9.47 Å². The Morgan fingerprint density at radius 3 is 2.83 bits per heavy atom. The second-order valence-corrected chi connectivity index (χ2v) is 5.50.